The van der Waals surface area contributed by atoms with E-state index in [0.29, 0.717) is 17.0 Å². The Morgan fingerprint density at radius 2 is 1.80 bits per heavy atom. The van der Waals surface area contributed by atoms with Crippen LogP contribution >= 0.6 is 0 Å². The Kier molecular flexibility index (Phi) is 3.71. The number of H-pyrrole nitrogens is 1. The Morgan fingerprint density at radius 3 is 2.56 bits per heavy atom. The minimum absolute atomic E-state index is 0.134. The second-order valence-electron chi connectivity index (χ2n) is 6.66. The van der Waals surface area contributed by atoms with Crippen molar-refractivity contribution >= 4 is 22.7 Å². The summed E-state index contributed by atoms with van der Waals surface area (Å²) < 4.78 is 1.64. The van der Waals surface area contributed by atoms with Crippen LogP contribution in [0.1, 0.15) is 11.1 Å². The van der Waals surface area contributed by atoms with E-state index in [1.54, 1.807) is 17.9 Å². The molecule has 0 bridgehead atoms. The van der Waals surface area contributed by atoms with Crippen molar-refractivity contribution in [3.63, 3.8) is 0 Å². The number of piperazine rings is 1. The maximum atomic E-state index is 12.2. The van der Waals surface area contributed by atoms with Gasteiger partial charge in [-0.3, -0.25) is 14.5 Å². The number of rotatable bonds is 2. The molecule has 0 atom stereocenters. The van der Waals surface area contributed by atoms with Crippen LogP contribution in [0.4, 0.5) is 11.6 Å². The van der Waals surface area contributed by atoms with Gasteiger partial charge < -0.3 is 9.80 Å². The maximum Gasteiger partial charge on any atom is 0.263 e. The molecule has 1 aromatic carbocycles. The van der Waals surface area contributed by atoms with Gasteiger partial charge in [0.15, 0.2) is 5.65 Å². The van der Waals surface area contributed by atoms with E-state index in [2.05, 4.69) is 56.9 Å². The molecule has 1 N–H and O–H groups in total. The number of nitrogens with one attached hydrogen (secondary N) is 1. The van der Waals surface area contributed by atoms with Gasteiger partial charge in [-0.1, -0.05) is 12.1 Å². The molecule has 1 fully saturated rings. The summed E-state index contributed by atoms with van der Waals surface area (Å²) in [6.45, 7) is 7.71. The summed E-state index contributed by atoms with van der Waals surface area (Å²) in [4.78, 5) is 24.3. The molecule has 3 heterocycles. The Bertz CT molecular complexity index is 981. The molecule has 0 amide bonds. The fourth-order valence-corrected chi connectivity index (χ4v) is 3.39. The fourth-order valence-electron chi connectivity index (χ4n) is 3.39. The molecule has 2 aromatic heterocycles. The molecular weight excluding hydrogens is 316 g/mol. The number of nitrogens with zero attached hydrogens (tertiary/aromatic N) is 5. The van der Waals surface area contributed by atoms with Gasteiger partial charge in [0.1, 0.15) is 5.39 Å². The molecule has 130 valence electrons. The Hall–Kier alpha value is -2.83. The number of aromatic nitrogens is 4. The van der Waals surface area contributed by atoms with Crippen LogP contribution in [0.5, 0.6) is 0 Å². The number of benzene rings is 1. The Balaban J connectivity index is 1.57. The lowest BCUT2D eigenvalue weighted by molar-refractivity contribution is 0.638. The van der Waals surface area contributed by atoms with Crippen LogP contribution in [0.15, 0.2) is 29.2 Å². The lowest BCUT2D eigenvalue weighted by Crippen LogP contribution is -2.47. The van der Waals surface area contributed by atoms with E-state index in [-0.39, 0.29) is 5.56 Å². The van der Waals surface area contributed by atoms with Crippen molar-refractivity contribution in [2.75, 3.05) is 36.0 Å². The van der Waals surface area contributed by atoms with Gasteiger partial charge in [-0.05, 0) is 31.0 Å². The number of fused-ring (bicyclic) bond motifs is 1. The molecular formula is C18H22N6O. The van der Waals surface area contributed by atoms with Gasteiger partial charge in [-0.15, -0.1) is 0 Å². The maximum absolute atomic E-state index is 12.2. The quantitative estimate of drug-likeness (QED) is 0.769. The van der Waals surface area contributed by atoms with Crippen molar-refractivity contribution in [1.82, 2.24) is 19.7 Å². The molecule has 0 radical (unpaired) electrons. The second kappa shape index (κ2) is 5.91. The van der Waals surface area contributed by atoms with Crippen LogP contribution in [0, 0.1) is 13.8 Å². The third-order valence-electron chi connectivity index (χ3n) is 4.87. The number of hydrogen-bond donors (Lipinski definition) is 1. The van der Waals surface area contributed by atoms with E-state index in [9.17, 15) is 4.79 Å². The van der Waals surface area contributed by atoms with Crippen molar-refractivity contribution in [2.24, 2.45) is 7.05 Å². The van der Waals surface area contributed by atoms with Gasteiger partial charge in [-0.25, -0.2) is 0 Å². The van der Waals surface area contributed by atoms with E-state index in [0.717, 1.165) is 26.2 Å². The van der Waals surface area contributed by atoms with E-state index in [1.807, 2.05) is 0 Å². The molecule has 0 aliphatic carbocycles. The van der Waals surface area contributed by atoms with Crippen LogP contribution in [0.3, 0.4) is 0 Å². The summed E-state index contributed by atoms with van der Waals surface area (Å²) in [6.07, 6.45) is 1.56. The summed E-state index contributed by atoms with van der Waals surface area (Å²) in [5, 5.41) is 4.65. The van der Waals surface area contributed by atoms with Crippen LogP contribution < -0.4 is 15.4 Å². The standard InChI is InChI=1S/C18H22N6O/c1-12-4-5-13(2)15(10-12)23-6-8-24(9-7-23)18-20-16-14(17(25)21-18)11-19-22(16)3/h4-5,10-11H,6-9H2,1-3H3,(H,20,21,25). The van der Waals surface area contributed by atoms with Crippen LogP contribution in [0.25, 0.3) is 11.0 Å². The zero-order valence-corrected chi connectivity index (χ0v) is 14.8. The normalized spacial score (nSPS) is 15.2. The largest absolute Gasteiger partial charge is 0.368 e. The molecule has 7 heteroatoms. The first-order chi connectivity index (χ1) is 12.0. The summed E-state index contributed by atoms with van der Waals surface area (Å²) in [5.74, 6) is 0.627. The highest BCUT2D eigenvalue weighted by Crippen LogP contribution is 2.23. The minimum Gasteiger partial charge on any atom is -0.368 e. The van der Waals surface area contributed by atoms with Gasteiger partial charge >= 0.3 is 0 Å². The molecule has 7 nitrogen and oxygen atoms in total. The molecule has 0 unspecified atom stereocenters. The summed E-state index contributed by atoms with van der Waals surface area (Å²) in [5.41, 5.74) is 4.35. The highest BCUT2D eigenvalue weighted by atomic mass is 16.1. The molecule has 4 rings (SSSR count). The predicted molar refractivity (Wildman–Crippen MR) is 99.5 cm³/mol. The Morgan fingerprint density at radius 1 is 1.08 bits per heavy atom. The van der Waals surface area contributed by atoms with E-state index >= 15 is 0 Å². The smallest absolute Gasteiger partial charge is 0.263 e. The fraction of sp³-hybridized carbons (Fsp3) is 0.389. The van der Waals surface area contributed by atoms with Crippen molar-refractivity contribution in [2.45, 2.75) is 13.8 Å². The van der Waals surface area contributed by atoms with Gasteiger partial charge in [0.2, 0.25) is 5.95 Å². The molecule has 1 saturated heterocycles. The third kappa shape index (κ3) is 2.75. The highest BCUT2D eigenvalue weighted by Gasteiger charge is 2.21. The molecule has 1 aliphatic heterocycles. The molecule has 0 saturated carbocycles. The van der Waals surface area contributed by atoms with E-state index in [1.165, 1.54) is 16.8 Å². The predicted octanol–water partition coefficient (Wildman–Crippen LogP) is 1.60. The average molecular weight is 338 g/mol. The number of aryl methyl sites for hydroxylation is 3. The first kappa shape index (κ1) is 15.7. The van der Waals surface area contributed by atoms with Crippen molar-refractivity contribution < 1.29 is 0 Å². The SMILES string of the molecule is Cc1ccc(C)c(N2CCN(c3nc4c(cnn4C)c(=O)[nH]3)CC2)c1. The average Bonchev–Trinajstić information content (AvgIpc) is 2.99. The van der Waals surface area contributed by atoms with Crippen molar-refractivity contribution in [3.05, 3.63) is 45.9 Å². The second-order valence-corrected chi connectivity index (χ2v) is 6.66. The monoisotopic (exact) mass is 338 g/mol. The molecule has 25 heavy (non-hydrogen) atoms. The molecule has 1 aliphatic rings. The van der Waals surface area contributed by atoms with Crippen LogP contribution in [0.2, 0.25) is 0 Å². The van der Waals surface area contributed by atoms with Crippen LogP contribution in [-0.2, 0) is 7.05 Å². The third-order valence-corrected chi connectivity index (χ3v) is 4.87. The first-order valence-corrected chi connectivity index (χ1v) is 8.52. The van der Waals surface area contributed by atoms with Gasteiger partial charge in [-0.2, -0.15) is 10.1 Å². The summed E-state index contributed by atoms with van der Waals surface area (Å²) >= 11 is 0. The minimum atomic E-state index is -0.134. The topological polar surface area (TPSA) is 70.1 Å². The number of hydrogen-bond acceptors (Lipinski definition) is 5. The summed E-state index contributed by atoms with van der Waals surface area (Å²) in [6, 6.07) is 6.56. The van der Waals surface area contributed by atoms with Gasteiger partial charge in [0, 0.05) is 38.9 Å². The van der Waals surface area contributed by atoms with Crippen molar-refractivity contribution in [1.29, 1.82) is 0 Å². The molecule has 0 spiro atoms. The lowest BCUT2D eigenvalue weighted by atomic mass is 10.1. The van der Waals surface area contributed by atoms with Gasteiger partial charge in [0.05, 0.1) is 6.20 Å². The first-order valence-electron chi connectivity index (χ1n) is 8.52. The Labute approximate surface area is 145 Å². The zero-order chi connectivity index (χ0) is 17.6. The van der Waals surface area contributed by atoms with E-state index < -0.39 is 0 Å². The lowest BCUT2D eigenvalue weighted by Gasteiger charge is -2.37. The zero-order valence-electron chi connectivity index (χ0n) is 14.8. The molecule has 3 aromatic rings. The highest BCUT2D eigenvalue weighted by molar-refractivity contribution is 5.74. The summed E-state index contributed by atoms with van der Waals surface area (Å²) in [7, 11) is 1.80. The number of anilines is 2. The van der Waals surface area contributed by atoms with E-state index in [4.69, 9.17) is 0 Å². The van der Waals surface area contributed by atoms with Crippen LogP contribution in [-0.4, -0.2) is 45.9 Å². The van der Waals surface area contributed by atoms with Crippen molar-refractivity contribution in [3.8, 4) is 0 Å². The number of aromatic amines is 1. The van der Waals surface area contributed by atoms with Gasteiger partial charge in [0.25, 0.3) is 5.56 Å².